The molecule has 4 rings (SSSR count). The lowest BCUT2D eigenvalue weighted by molar-refractivity contribution is -0.164. The molecule has 0 amide bonds. The van der Waals surface area contributed by atoms with Crippen LogP contribution >= 0.6 is 0 Å². The van der Waals surface area contributed by atoms with Crippen LogP contribution < -0.4 is 9.80 Å². The minimum Gasteiger partial charge on any atom is -0.390 e. The maximum atomic E-state index is 10.4. The third-order valence-electron chi connectivity index (χ3n) is 5.65. The van der Waals surface area contributed by atoms with Gasteiger partial charge in [0.1, 0.15) is 0 Å². The highest BCUT2D eigenvalue weighted by molar-refractivity contribution is 5.54. The summed E-state index contributed by atoms with van der Waals surface area (Å²) in [6, 6.07) is 2.16. The van der Waals surface area contributed by atoms with Gasteiger partial charge in [-0.2, -0.15) is 5.10 Å². The van der Waals surface area contributed by atoms with Gasteiger partial charge in [-0.15, -0.1) is 5.10 Å². The number of aliphatic hydroxyl groups excluding tert-OH is 1. The summed E-state index contributed by atoms with van der Waals surface area (Å²) in [6.07, 6.45) is 7.64. The average Bonchev–Trinajstić information content (AvgIpc) is 3.13. The Hall–Kier alpha value is -1.40. The smallest absolute Gasteiger partial charge is 0.153 e. The number of nitrogens with zero attached hydrogens (tertiary/aromatic N) is 4. The summed E-state index contributed by atoms with van der Waals surface area (Å²) in [4.78, 5) is 4.67. The van der Waals surface area contributed by atoms with Crippen molar-refractivity contribution >= 4 is 11.5 Å². The summed E-state index contributed by atoms with van der Waals surface area (Å²) >= 11 is 0. The van der Waals surface area contributed by atoms with Crippen molar-refractivity contribution in [3.05, 3.63) is 12.3 Å². The molecule has 6 nitrogen and oxygen atoms in total. The number of piperidine rings is 1. The van der Waals surface area contributed by atoms with E-state index in [0.29, 0.717) is 0 Å². The molecule has 4 heterocycles. The van der Waals surface area contributed by atoms with Crippen molar-refractivity contribution < 1.29 is 9.84 Å². The first-order valence-electron chi connectivity index (χ1n) is 8.91. The Labute approximate surface area is 137 Å². The monoisotopic (exact) mass is 318 g/mol. The van der Waals surface area contributed by atoms with Crippen LogP contribution in [-0.2, 0) is 4.74 Å². The van der Waals surface area contributed by atoms with E-state index >= 15 is 0 Å². The predicted molar refractivity (Wildman–Crippen MR) is 88.8 cm³/mol. The fraction of sp³-hybridized carbons (Fsp3) is 0.765. The molecule has 1 N–H and O–H groups in total. The zero-order valence-corrected chi connectivity index (χ0v) is 13.7. The normalized spacial score (nSPS) is 27.6. The van der Waals surface area contributed by atoms with E-state index < -0.39 is 0 Å². The Morgan fingerprint density at radius 3 is 2.61 bits per heavy atom. The van der Waals surface area contributed by atoms with Gasteiger partial charge in [-0.1, -0.05) is 0 Å². The van der Waals surface area contributed by atoms with E-state index in [1.54, 1.807) is 0 Å². The molecule has 0 aliphatic carbocycles. The second-order valence-electron chi connectivity index (χ2n) is 7.02. The summed E-state index contributed by atoms with van der Waals surface area (Å²) in [5.41, 5.74) is 0.858. The maximum Gasteiger partial charge on any atom is 0.153 e. The van der Waals surface area contributed by atoms with E-state index in [9.17, 15) is 5.11 Å². The van der Waals surface area contributed by atoms with Gasteiger partial charge < -0.3 is 19.6 Å². The molecule has 1 aromatic heterocycles. The van der Waals surface area contributed by atoms with Gasteiger partial charge in [-0.25, -0.2) is 0 Å². The predicted octanol–water partition coefficient (Wildman–Crippen LogP) is 1.59. The maximum absolute atomic E-state index is 10.4. The van der Waals surface area contributed by atoms with Gasteiger partial charge in [0, 0.05) is 38.9 Å². The van der Waals surface area contributed by atoms with Crippen molar-refractivity contribution in [1.82, 2.24) is 10.2 Å². The SMILES string of the molecule is OC1CCCOC12CCN(c1cc(N3CCCC3)cnn1)CC2. The Bertz CT molecular complexity index is 539. The van der Waals surface area contributed by atoms with Crippen LogP contribution in [0.5, 0.6) is 0 Å². The fourth-order valence-corrected chi connectivity index (χ4v) is 4.15. The van der Waals surface area contributed by atoms with Gasteiger partial charge in [-0.3, -0.25) is 0 Å². The largest absolute Gasteiger partial charge is 0.390 e. The first-order valence-corrected chi connectivity index (χ1v) is 8.91. The second-order valence-corrected chi connectivity index (χ2v) is 7.02. The van der Waals surface area contributed by atoms with Crippen LogP contribution in [0, 0.1) is 0 Å². The van der Waals surface area contributed by atoms with Crippen LogP contribution in [0.3, 0.4) is 0 Å². The first kappa shape index (κ1) is 15.1. The molecular weight excluding hydrogens is 292 g/mol. The fourth-order valence-electron chi connectivity index (χ4n) is 4.15. The van der Waals surface area contributed by atoms with Gasteiger partial charge >= 0.3 is 0 Å². The molecule has 3 aliphatic heterocycles. The van der Waals surface area contributed by atoms with Crippen LogP contribution in [0.15, 0.2) is 12.3 Å². The molecule has 1 unspecified atom stereocenters. The number of hydrogen-bond acceptors (Lipinski definition) is 6. The van der Waals surface area contributed by atoms with E-state index in [1.807, 2.05) is 6.20 Å². The Balaban J connectivity index is 1.45. The minimum atomic E-state index is -0.325. The lowest BCUT2D eigenvalue weighted by atomic mass is 9.82. The molecule has 0 radical (unpaired) electrons. The molecule has 126 valence electrons. The summed E-state index contributed by atoms with van der Waals surface area (Å²) in [6.45, 7) is 4.76. The van der Waals surface area contributed by atoms with Crippen molar-refractivity contribution in [2.24, 2.45) is 0 Å². The van der Waals surface area contributed by atoms with Crippen LogP contribution in [-0.4, -0.2) is 59.8 Å². The molecule has 1 spiro atoms. The van der Waals surface area contributed by atoms with E-state index in [1.165, 1.54) is 18.5 Å². The van der Waals surface area contributed by atoms with Crippen molar-refractivity contribution in [1.29, 1.82) is 0 Å². The summed E-state index contributed by atoms with van der Waals surface area (Å²) in [5.74, 6) is 0.953. The summed E-state index contributed by atoms with van der Waals surface area (Å²) in [5, 5.41) is 18.9. The van der Waals surface area contributed by atoms with Crippen LogP contribution in [0.1, 0.15) is 38.5 Å². The van der Waals surface area contributed by atoms with Crippen LogP contribution in [0.25, 0.3) is 0 Å². The van der Waals surface area contributed by atoms with Crippen LogP contribution in [0.4, 0.5) is 11.5 Å². The molecular formula is C17H26N4O2. The highest BCUT2D eigenvalue weighted by Crippen LogP contribution is 2.36. The lowest BCUT2D eigenvalue weighted by Gasteiger charge is -2.46. The second kappa shape index (κ2) is 6.24. The Kier molecular flexibility index (Phi) is 4.11. The van der Waals surface area contributed by atoms with Crippen molar-refractivity contribution in [2.45, 2.75) is 50.2 Å². The molecule has 0 saturated carbocycles. The van der Waals surface area contributed by atoms with E-state index in [-0.39, 0.29) is 11.7 Å². The van der Waals surface area contributed by atoms with Gasteiger partial charge in [-0.05, 0) is 38.5 Å². The third-order valence-corrected chi connectivity index (χ3v) is 5.65. The Morgan fingerprint density at radius 2 is 1.87 bits per heavy atom. The molecule has 6 heteroatoms. The van der Waals surface area contributed by atoms with Crippen LogP contribution in [0.2, 0.25) is 0 Å². The highest BCUT2D eigenvalue weighted by Gasteiger charge is 2.43. The van der Waals surface area contributed by atoms with E-state index in [0.717, 1.165) is 64.3 Å². The molecule has 1 atom stereocenters. The number of ether oxygens (including phenoxy) is 1. The molecule has 3 aliphatic rings. The average molecular weight is 318 g/mol. The highest BCUT2D eigenvalue weighted by atomic mass is 16.5. The summed E-state index contributed by atoms with van der Waals surface area (Å²) < 4.78 is 5.99. The molecule has 23 heavy (non-hydrogen) atoms. The first-order chi connectivity index (χ1) is 11.3. The molecule has 0 bridgehead atoms. The number of aromatic nitrogens is 2. The number of rotatable bonds is 2. The van der Waals surface area contributed by atoms with Crippen molar-refractivity contribution in [3.8, 4) is 0 Å². The standard InChI is InChI=1S/C17H26N4O2/c22-15-4-3-11-23-17(15)5-9-21(10-6-17)16-12-14(13-18-19-16)20-7-1-2-8-20/h12-13,15,22H,1-11H2. The number of aliphatic hydroxyl groups is 1. The third kappa shape index (κ3) is 2.90. The van der Waals surface area contributed by atoms with Gasteiger partial charge in [0.25, 0.3) is 0 Å². The molecule has 3 fully saturated rings. The Morgan fingerprint density at radius 1 is 1.09 bits per heavy atom. The van der Waals surface area contributed by atoms with E-state index in [2.05, 4.69) is 26.1 Å². The van der Waals surface area contributed by atoms with Crippen molar-refractivity contribution in [2.75, 3.05) is 42.6 Å². The zero-order chi connectivity index (χ0) is 15.7. The summed E-state index contributed by atoms with van der Waals surface area (Å²) in [7, 11) is 0. The minimum absolute atomic E-state index is 0.319. The van der Waals surface area contributed by atoms with Gasteiger partial charge in [0.2, 0.25) is 0 Å². The lowest BCUT2D eigenvalue weighted by Crippen LogP contribution is -2.55. The number of hydrogen-bond donors (Lipinski definition) is 1. The van der Waals surface area contributed by atoms with E-state index in [4.69, 9.17) is 4.74 Å². The van der Waals surface area contributed by atoms with Gasteiger partial charge in [0.05, 0.1) is 23.6 Å². The number of anilines is 2. The quantitative estimate of drug-likeness (QED) is 0.893. The van der Waals surface area contributed by atoms with Gasteiger partial charge in [0.15, 0.2) is 5.82 Å². The zero-order valence-electron chi connectivity index (χ0n) is 13.7. The topological polar surface area (TPSA) is 61.7 Å². The molecule has 3 saturated heterocycles. The molecule has 1 aromatic rings. The van der Waals surface area contributed by atoms with Crippen molar-refractivity contribution in [3.63, 3.8) is 0 Å². The molecule has 0 aromatic carbocycles.